The lowest BCUT2D eigenvalue weighted by atomic mass is 10.1. The number of rotatable bonds is 2. The summed E-state index contributed by atoms with van der Waals surface area (Å²) in [7, 11) is 0. The number of nitrogens with two attached hydrogens (primary N) is 1. The lowest BCUT2D eigenvalue weighted by molar-refractivity contribution is 0.102. The molecule has 1 amide bonds. The summed E-state index contributed by atoms with van der Waals surface area (Å²) in [6, 6.07) is 9.55. The lowest BCUT2D eigenvalue weighted by Gasteiger charge is -2.09. The fourth-order valence-corrected chi connectivity index (χ4v) is 2.00. The third-order valence-corrected chi connectivity index (χ3v) is 3.13. The normalized spacial score (nSPS) is 10.3. The molecule has 0 saturated carbocycles. The van der Waals surface area contributed by atoms with Crippen molar-refractivity contribution < 1.29 is 9.18 Å². The van der Waals surface area contributed by atoms with Gasteiger partial charge in [0.05, 0.1) is 11.3 Å². The number of amides is 1. The Kier molecular flexibility index (Phi) is 3.85. The maximum atomic E-state index is 13.7. The number of carbonyl (C=O) groups is 1. The summed E-state index contributed by atoms with van der Waals surface area (Å²) in [5, 5.41) is 2.51. The third-order valence-electron chi connectivity index (χ3n) is 2.63. The largest absolute Gasteiger partial charge is 0.398 e. The summed E-state index contributed by atoms with van der Waals surface area (Å²) in [4.78, 5) is 12.0. The van der Waals surface area contributed by atoms with Crippen LogP contribution in [-0.4, -0.2) is 5.91 Å². The van der Waals surface area contributed by atoms with E-state index in [0.717, 1.165) is 10.0 Å². The highest BCUT2D eigenvalue weighted by atomic mass is 79.9. The van der Waals surface area contributed by atoms with Crippen molar-refractivity contribution in [3.8, 4) is 0 Å². The Morgan fingerprint density at radius 3 is 2.68 bits per heavy atom. The van der Waals surface area contributed by atoms with Crippen LogP contribution in [0.15, 0.2) is 40.9 Å². The fourth-order valence-electron chi connectivity index (χ4n) is 1.64. The molecule has 3 N–H and O–H groups in total. The molecule has 19 heavy (non-hydrogen) atoms. The highest BCUT2D eigenvalue weighted by Crippen LogP contribution is 2.21. The summed E-state index contributed by atoms with van der Waals surface area (Å²) in [5.74, 6) is -0.913. The van der Waals surface area contributed by atoms with Gasteiger partial charge in [-0.3, -0.25) is 4.79 Å². The molecular weight excluding hydrogens is 311 g/mol. The average molecular weight is 323 g/mol. The molecule has 0 atom stereocenters. The molecule has 5 heteroatoms. The molecule has 0 aliphatic rings. The van der Waals surface area contributed by atoms with E-state index in [1.54, 1.807) is 31.2 Å². The lowest BCUT2D eigenvalue weighted by Crippen LogP contribution is -2.15. The van der Waals surface area contributed by atoms with E-state index >= 15 is 0 Å². The molecule has 0 heterocycles. The molecule has 0 saturated heterocycles. The first-order chi connectivity index (χ1) is 8.97. The number of nitrogen functional groups attached to an aromatic ring is 1. The van der Waals surface area contributed by atoms with Gasteiger partial charge in [-0.25, -0.2) is 4.39 Å². The van der Waals surface area contributed by atoms with Crippen LogP contribution in [0.5, 0.6) is 0 Å². The highest BCUT2D eigenvalue weighted by Gasteiger charge is 2.12. The molecule has 0 bridgehead atoms. The Morgan fingerprint density at radius 1 is 1.26 bits per heavy atom. The minimum absolute atomic E-state index is 0.134. The monoisotopic (exact) mass is 322 g/mol. The van der Waals surface area contributed by atoms with Crippen LogP contribution < -0.4 is 11.1 Å². The zero-order valence-electron chi connectivity index (χ0n) is 10.2. The van der Waals surface area contributed by atoms with E-state index in [0.29, 0.717) is 11.3 Å². The second-order valence-electron chi connectivity index (χ2n) is 4.17. The van der Waals surface area contributed by atoms with Crippen molar-refractivity contribution >= 4 is 33.2 Å². The van der Waals surface area contributed by atoms with Gasteiger partial charge in [0.1, 0.15) is 5.82 Å². The molecule has 2 aromatic carbocycles. The first-order valence-electron chi connectivity index (χ1n) is 5.60. The van der Waals surface area contributed by atoms with Crippen LogP contribution in [0, 0.1) is 12.7 Å². The van der Waals surface area contributed by atoms with Gasteiger partial charge in [0.15, 0.2) is 0 Å². The average Bonchev–Trinajstić information content (AvgIpc) is 2.35. The number of hydrogen-bond acceptors (Lipinski definition) is 2. The highest BCUT2D eigenvalue weighted by molar-refractivity contribution is 9.10. The van der Waals surface area contributed by atoms with Gasteiger partial charge in [-0.1, -0.05) is 22.0 Å². The van der Waals surface area contributed by atoms with Crippen molar-refractivity contribution in [2.24, 2.45) is 0 Å². The summed E-state index contributed by atoms with van der Waals surface area (Å²) < 4.78 is 14.4. The van der Waals surface area contributed by atoms with E-state index in [1.807, 2.05) is 0 Å². The molecule has 2 rings (SSSR count). The number of anilines is 2. The Hall–Kier alpha value is -1.88. The van der Waals surface area contributed by atoms with E-state index in [9.17, 15) is 9.18 Å². The van der Waals surface area contributed by atoms with Crippen molar-refractivity contribution in [2.75, 3.05) is 11.1 Å². The first kappa shape index (κ1) is 13.5. The summed E-state index contributed by atoms with van der Waals surface area (Å²) in [6.07, 6.45) is 0. The van der Waals surface area contributed by atoms with E-state index in [-0.39, 0.29) is 5.69 Å². The van der Waals surface area contributed by atoms with E-state index in [2.05, 4.69) is 21.2 Å². The van der Waals surface area contributed by atoms with Crippen molar-refractivity contribution in [3.63, 3.8) is 0 Å². The first-order valence-corrected chi connectivity index (χ1v) is 6.39. The number of halogens is 2. The van der Waals surface area contributed by atoms with Crippen LogP contribution in [-0.2, 0) is 0 Å². The number of nitrogens with one attached hydrogen (secondary N) is 1. The minimum atomic E-state index is -0.470. The van der Waals surface area contributed by atoms with Crippen LogP contribution in [0.25, 0.3) is 0 Å². The van der Waals surface area contributed by atoms with E-state index < -0.39 is 11.7 Å². The summed E-state index contributed by atoms with van der Waals surface area (Å²) in [5.41, 5.74) is 7.30. The molecule has 98 valence electrons. The Labute approximate surface area is 118 Å². The van der Waals surface area contributed by atoms with Crippen molar-refractivity contribution in [1.29, 1.82) is 0 Å². The van der Waals surface area contributed by atoms with Gasteiger partial charge in [0.25, 0.3) is 5.91 Å². The molecule has 0 fully saturated rings. The fraction of sp³-hybridized carbons (Fsp3) is 0.0714. The smallest absolute Gasteiger partial charge is 0.257 e. The standard InChI is InChI=1S/C14H12BrFN2O/c1-8-2-5-13(11(16)6-8)18-14(19)10-7-9(15)3-4-12(10)17/h2-7H,17H2,1H3,(H,18,19). The number of hydrogen-bond donors (Lipinski definition) is 2. The van der Waals surface area contributed by atoms with Gasteiger partial charge < -0.3 is 11.1 Å². The molecule has 0 aromatic heterocycles. The second-order valence-corrected chi connectivity index (χ2v) is 5.08. The Bertz CT molecular complexity index is 643. The third kappa shape index (κ3) is 3.12. The molecule has 2 aromatic rings. The molecule has 0 unspecified atom stereocenters. The second kappa shape index (κ2) is 5.40. The van der Waals surface area contributed by atoms with Gasteiger partial charge in [-0.05, 0) is 42.8 Å². The maximum absolute atomic E-state index is 13.7. The predicted octanol–water partition coefficient (Wildman–Crippen LogP) is 3.73. The van der Waals surface area contributed by atoms with Crippen LogP contribution in [0.3, 0.4) is 0 Å². The molecule has 0 radical (unpaired) electrons. The molecule has 0 aliphatic heterocycles. The molecule has 0 aliphatic carbocycles. The zero-order valence-corrected chi connectivity index (χ0v) is 11.8. The quantitative estimate of drug-likeness (QED) is 0.828. The Balaban J connectivity index is 2.28. The maximum Gasteiger partial charge on any atom is 0.257 e. The SMILES string of the molecule is Cc1ccc(NC(=O)c2cc(Br)ccc2N)c(F)c1. The van der Waals surface area contributed by atoms with Gasteiger partial charge in [0, 0.05) is 10.2 Å². The summed E-state index contributed by atoms with van der Waals surface area (Å²) in [6.45, 7) is 1.78. The Morgan fingerprint density at radius 2 is 2.00 bits per heavy atom. The number of aryl methyl sites for hydroxylation is 1. The number of carbonyl (C=O) groups excluding carboxylic acids is 1. The molecule has 3 nitrogen and oxygen atoms in total. The van der Waals surface area contributed by atoms with E-state index in [1.165, 1.54) is 12.1 Å². The van der Waals surface area contributed by atoms with Crippen molar-refractivity contribution in [2.45, 2.75) is 6.92 Å². The molecule has 0 spiro atoms. The number of benzene rings is 2. The van der Waals surface area contributed by atoms with Gasteiger partial charge >= 0.3 is 0 Å². The van der Waals surface area contributed by atoms with Crippen molar-refractivity contribution in [1.82, 2.24) is 0 Å². The summed E-state index contributed by atoms with van der Waals surface area (Å²) >= 11 is 3.26. The zero-order chi connectivity index (χ0) is 14.0. The van der Waals surface area contributed by atoms with Crippen LogP contribution in [0.1, 0.15) is 15.9 Å². The van der Waals surface area contributed by atoms with E-state index in [4.69, 9.17) is 5.73 Å². The van der Waals surface area contributed by atoms with Crippen LogP contribution >= 0.6 is 15.9 Å². The topological polar surface area (TPSA) is 55.1 Å². The van der Waals surface area contributed by atoms with Crippen LogP contribution in [0.2, 0.25) is 0 Å². The molecular formula is C14H12BrFN2O. The van der Waals surface area contributed by atoms with Gasteiger partial charge in [0.2, 0.25) is 0 Å². The van der Waals surface area contributed by atoms with Gasteiger partial charge in [-0.15, -0.1) is 0 Å². The van der Waals surface area contributed by atoms with Crippen LogP contribution in [0.4, 0.5) is 15.8 Å². The van der Waals surface area contributed by atoms with Crippen molar-refractivity contribution in [3.05, 3.63) is 57.8 Å². The van der Waals surface area contributed by atoms with Gasteiger partial charge in [-0.2, -0.15) is 0 Å². The predicted molar refractivity (Wildman–Crippen MR) is 77.6 cm³/mol. The minimum Gasteiger partial charge on any atom is -0.398 e.